The predicted octanol–water partition coefficient (Wildman–Crippen LogP) is 5.76. The fourth-order valence-electron chi connectivity index (χ4n) is 4.65. The SMILES string of the molecule is COc1ccc(C(=O)Oc2ccc(OC(=O)c3ccc(OC(=O)c4ccc5c(c4)C(=O)N(C(C)(C)C)C5=O)cc3)cc2OC)cc1. The van der Waals surface area contributed by atoms with E-state index in [1.807, 2.05) is 0 Å². The van der Waals surface area contributed by atoms with E-state index in [1.54, 1.807) is 45.0 Å². The van der Waals surface area contributed by atoms with E-state index in [9.17, 15) is 24.0 Å². The molecule has 0 spiro atoms. The smallest absolute Gasteiger partial charge is 0.343 e. The van der Waals surface area contributed by atoms with Crippen LogP contribution in [0.4, 0.5) is 0 Å². The van der Waals surface area contributed by atoms with E-state index < -0.39 is 35.3 Å². The molecule has 0 fully saturated rings. The minimum Gasteiger partial charge on any atom is -0.497 e. The Bertz CT molecular complexity index is 1850. The molecular weight excluding hydrogens is 594 g/mol. The van der Waals surface area contributed by atoms with E-state index in [1.165, 1.54) is 74.9 Å². The summed E-state index contributed by atoms with van der Waals surface area (Å²) in [6.45, 7) is 5.25. The second kappa shape index (κ2) is 12.6. The Morgan fingerprint density at radius 3 is 1.61 bits per heavy atom. The summed E-state index contributed by atoms with van der Waals surface area (Å²) in [7, 11) is 2.90. The molecule has 1 aliphatic rings. The Morgan fingerprint density at radius 2 is 1.02 bits per heavy atom. The Morgan fingerprint density at radius 1 is 0.522 bits per heavy atom. The Labute approximate surface area is 264 Å². The van der Waals surface area contributed by atoms with Gasteiger partial charge in [-0.25, -0.2) is 14.4 Å². The van der Waals surface area contributed by atoms with Gasteiger partial charge in [0.05, 0.1) is 42.0 Å². The summed E-state index contributed by atoms with van der Waals surface area (Å²) in [4.78, 5) is 64.9. The van der Waals surface area contributed by atoms with Gasteiger partial charge in [0.2, 0.25) is 0 Å². The summed E-state index contributed by atoms with van der Waals surface area (Å²) in [5.74, 6) is -1.79. The van der Waals surface area contributed by atoms with E-state index in [0.29, 0.717) is 11.3 Å². The Kier molecular flexibility index (Phi) is 8.59. The highest BCUT2D eigenvalue weighted by molar-refractivity contribution is 6.22. The molecule has 0 aromatic heterocycles. The van der Waals surface area contributed by atoms with Gasteiger partial charge in [0, 0.05) is 11.6 Å². The van der Waals surface area contributed by atoms with Crippen molar-refractivity contribution >= 4 is 29.7 Å². The van der Waals surface area contributed by atoms with Crippen molar-refractivity contribution in [1.29, 1.82) is 0 Å². The molecule has 0 unspecified atom stereocenters. The zero-order chi connectivity index (χ0) is 33.2. The molecule has 46 heavy (non-hydrogen) atoms. The molecule has 11 heteroatoms. The molecule has 1 aliphatic heterocycles. The minimum absolute atomic E-state index is 0.0891. The lowest BCUT2D eigenvalue weighted by Crippen LogP contribution is -2.45. The Hall–Kier alpha value is -5.97. The first kappa shape index (κ1) is 31.5. The van der Waals surface area contributed by atoms with Gasteiger partial charge >= 0.3 is 17.9 Å². The van der Waals surface area contributed by atoms with Crippen LogP contribution >= 0.6 is 0 Å². The van der Waals surface area contributed by atoms with Crippen LogP contribution in [0, 0.1) is 0 Å². The number of ether oxygens (including phenoxy) is 5. The molecule has 0 aliphatic carbocycles. The molecular formula is C35H29NO10. The van der Waals surface area contributed by atoms with Gasteiger partial charge in [-0.3, -0.25) is 14.5 Å². The number of fused-ring (bicyclic) bond motifs is 1. The standard InChI is InChI=1S/C35H29NO10/c1-35(2,3)36-30(37)26-16-10-22(18-27(26)31(36)38)34(41)44-24-13-8-20(9-14-24)32(39)45-25-15-17-28(29(19-25)43-5)46-33(40)21-6-11-23(42-4)12-7-21/h6-19H,1-5H3. The zero-order valence-electron chi connectivity index (χ0n) is 25.6. The molecule has 0 N–H and O–H groups in total. The van der Waals surface area contributed by atoms with Gasteiger partial charge < -0.3 is 23.7 Å². The highest BCUT2D eigenvalue weighted by Gasteiger charge is 2.42. The molecule has 4 aromatic carbocycles. The van der Waals surface area contributed by atoms with Crippen LogP contribution in [0.2, 0.25) is 0 Å². The molecule has 0 atom stereocenters. The van der Waals surface area contributed by atoms with Crippen LogP contribution in [-0.2, 0) is 0 Å². The molecule has 0 saturated heterocycles. The summed E-state index contributed by atoms with van der Waals surface area (Å²) < 4.78 is 26.7. The van der Waals surface area contributed by atoms with Gasteiger partial charge in [-0.2, -0.15) is 0 Å². The molecule has 0 saturated carbocycles. The Balaban J connectivity index is 1.21. The van der Waals surface area contributed by atoms with Crippen molar-refractivity contribution in [2.75, 3.05) is 14.2 Å². The first-order chi connectivity index (χ1) is 21.9. The van der Waals surface area contributed by atoms with Crippen molar-refractivity contribution in [3.05, 3.63) is 113 Å². The fraction of sp³-hybridized carbons (Fsp3) is 0.171. The summed E-state index contributed by atoms with van der Waals surface area (Å²) in [5, 5.41) is 0. The van der Waals surface area contributed by atoms with Crippen LogP contribution in [0.1, 0.15) is 72.6 Å². The number of esters is 3. The number of rotatable bonds is 8. The second-order valence-corrected chi connectivity index (χ2v) is 11.1. The normalized spacial score (nSPS) is 12.3. The third-order valence-corrected chi connectivity index (χ3v) is 6.97. The lowest BCUT2D eigenvalue weighted by atomic mass is 10.1. The zero-order valence-corrected chi connectivity index (χ0v) is 25.6. The molecule has 5 rings (SSSR count). The predicted molar refractivity (Wildman–Crippen MR) is 164 cm³/mol. The molecule has 11 nitrogen and oxygen atoms in total. The second-order valence-electron chi connectivity index (χ2n) is 11.1. The largest absolute Gasteiger partial charge is 0.497 e. The first-order valence-corrected chi connectivity index (χ1v) is 14.0. The van der Waals surface area contributed by atoms with E-state index in [2.05, 4.69) is 0 Å². The molecule has 1 heterocycles. The van der Waals surface area contributed by atoms with Crippen molar-refractivity contribution in [2.24, 2.45) is 0 Å². The molecule has 2 amide bonds. The average Bonchev–Trinajstić information content (AvgIpc) is 3.30. The van der Waals surface area contributed by atoms with Crippen LogP contribution in [-0.4, -0.2) is 54.4 Å². The molecule has 4 aromatic rings. The van der Waals surface area contributed by atoms with E-state index in [4.69, 9.17) is 23.7 Å². The van der Waals surface area contributed by atoms with Crippen molar-refractivity contribution in [3.63, 3.8) is 0 Å². The van der Waals surface area contributed by atoms with E-state index >= 15 is 0 Å². The number of methoxy groups -OCH3 is 2. The van der Waals surface area contributed by atoms with E-state index in [0.717, 1.165) is 4.90 Å². The number of amides is 2. The summed E-state index contributed by atoms with van der Waals surface area (Å²) >= 11 is 0. The van der Waals surface area contributed by atoms with Crippen molar-refractivity contribution in [2.45, 2.75) is 26.3 Å². The average molecular weight is 624 g/mol. The molecule has 0 bridgehead atoms. The topological polar surface area (TPSA) is 135 Å². The lowest BCUT2D eigenvalue weighted by molar-refractivity contribution is 0.0506. The van der Waals surface area contributed by atoms with Crippen LogP contribution in [0.25, 0.3) is 0 Å². The van der Waals surface area contributed by atoms with Crippen LogP contribution < -0.4 is 23.7 Å². The highest BCUT2D eigenvalue weighted by Crippen LogP contribution is 2.33. The van der Waals surface area contributed by atoms with Crippen molar-refractivity contribution < 1.29 is 47.7 Å². The van der Waals surface area contributed by atoms with Gasteiger partial charge in [-0.05, 0) is 99.6 Å². The quantitative estimate of drug-likeness (QED) is 0.136. The minimum atomic E-state index is -0.743. The van der Waals surface area contributed by atoms with Gasteiger partial charge in [0.25, 0.3) is 11.8 Å². The fourth-order valence-corrected chi connectivity index (χ4v) is 4.65. The number of carbonyl (C=O) groups excluding carboxylic acids is 5. The number of hydrogen-bond acceptors (Lipinski definition) is 10. The molecule has 0 radical (unpaired) electrons. The number of nitrogens with zero attached hydrogens (tertiary/aromatic N) is 1. The van der Waals surface area contributed by atoms with Crippen LogP contribution in [0.5, 0.6) is 28.7 Å². The van der Waals surface area contributed by atoms with Crippen LogP contribution in [0.15, 0.2) is 84.9 Å². The summed E-state index contributed by atoms with van der Waals surface area (Å²) in [5.41, 5.74) is 0.191. The van der Waals surface area contributed by atoms with Gasteiger partial charge in [0.15, 0.2) is 11.5 Å². The third-order valence-electron chi connectivity index (χ3n) is 6.97. The maximum absolute atomic E-state index is 12.9. The van der Waals surface area contributed by atoms with Gasteiger partial charge in [-0.15, -0.1) is 0 Å². The summed E-state index contributed by atoms with van der Waals surface area (Å²) in [6, 6.07) is 20.5. The number of benzene rings is 4. The van der Waals surface area contributed by atoms with Gasteiger partial charge in [-0.1, -0.05) is 0 Å². The number of imide groups is 1. The maximum atomic E-state index is 12.9. The highest BCUT2D eigenvalue weighted by atomic mass is 16.6. The van der Waals surface area contributed by atoms with Crippen LogP contribution in [0.3, 0.4) is 0 Å². The number of hydrogen-bond donors (Lipinski definition) is 0. The van der Waals surface area contributed by atoms with Crippen molar-refractivity contribution in [3.8, 4) is 28.7 Å². The molecule has 234 valence electrons. The lowest BCUT2D eigenvalue weighted by Gasteiger charge is -2.29. The number of carbonyl (C=O) groups is 5. The van der Waals surface area contributed by atoms with Gasteiger partial charge in [0.1, 0.15) is 17.2 Å². The van der Waals surface area contributed by atoms with E-state index in [-0.39, 0.29) is 45.3 Å². The first-order valence-electron chi connectivity index (χ1n) is 14.0. The third kappa shape index (κ3) is 6.43. The summed E-state index contributed by atoms with van der Waals surface area (Å²) in [6.07, 6.45) is 0. The maximum Gasteiger partial charge on any atom is 0.343 e. The monoisotopic (exact) mass is 623 g/mol. The van der Waals surface area contributed by atoms with Crippen molar-refractivity contribution in [1.82, 2.24) is 4.90 Å².